The van der Waals surface area contributed by atoms with E-state index in [1.54, 1.807) is 10.9 Å². The Morgan fingerprint density at radius 3 is 2.77 bits per heavy atom. The molecule has 2 atom stereocenters. The molecule has 3 aromatic heterocycles. The van der Waals surface area contributed by atoms with Gasteiger partial charge >= 0.3 is 0 Å². The van der Waals surface area contributed by atoms with Gasteiger partial charge < -0.3 is 19.5 Å². The largest absolute Gasteiger partial charge is 0.477 e. The van der Waals surface area contributed by atoms with Crippen LogP contribution in [0, 0.1) is 18.8 Å². The van der Waals surface area contributed by atoms with Crippen LogP contribution in [-0.2, 0) is 13.6 Å². The fourth-order valence-corrected chi connectivity index (χ4v) is 6.35. The van der Waals surface area contributed by atoms with E-state index in [1.165, 1.54) is 5.69 Å². The molecule has 0 radical (unpaired) electrons. The highest BCUT2D eigenvalue weighted by molar-refractivity contribution is 6.05. The molecule has 1 aromatic carbocycles. The third-order valence-electron chi connectivity index (χ3n) is 8.36. The molecule has 39 heavy (non-hydrogen) atoms. The molecular formula is C29H34N8O2. The minimum Gasteiger partial charge on any atom is -0.477 e. The van der Waals surface area contributed by atoms with Gasteiger partial charge in [0.05, 0.1) is 35.1 Å². The molecule has 4 aromatic rings. The minimum atomic E-state index is -0.203. The molecule has 1 saturated carbocycles. The number of rotatable bonds is 1. The Labute approximate surface area is 227 Å². The van der Waals surface area contributed by atoms with Crippen molar-refractivity contribution >= 4 is 28.6 Å². The number of nitrogens with zero attached hydrogens (tertiary/aromatic N) is 6. The summed E-state index contributed by atoms with van der Waals surface area (Å²) in [6.45, 7) is 7.28. The quantitative estimate of drug-likeness (QED) is 0.391. The molecule has 5 heterocycles. The molecule has 4 bridgehead atoms. The third-order valence-corrected chi connectivity index (χ3v) is 8.36. The maximum atomic E-state index is 13.6. The molecule has 10 heteroatoms. The number of benzene rings is 1. The van der Waals surface area contributed by atoms with Gasteiger partial charge in [0.15, 0.2) is 0 Å². The fraction of sp³-hybridized carbons (Fsp3) is 0.448. The molecule has 1 amide bonds. The van der Waals surface area contributed by atoms with Crippen molar-refractivity contribution < 1.29 is 9.53 Å². The molecule has 1 saturated heterocycles. The Bertz CT molecular complexity index is 1550. The van der Waals surface area contributed by atoms with Crippen molar-refractivity contribution in [3.63, 3.8) is 0 Å². The van der Waals surface area contributed by atoms with Gasteiger partial charge in [-0.15, -0.1) is 0 Å². The first-order chi connectivity index (χ1) is 19.0. The van der Waals surface area contributed by atoms with Crippen molar-refractivity contribution in [1.82, 2.24) is 29.6 Å². The zero-order chi connectivity index (χ0) is 26.5. The van der Waals surface area contributed by atoms with Gasteiger partial charge in [0, 0.05) is 56.7 Å². The Morgan fingerprint density at radius 2 is 1.90 bits per heavy atom. The first kappa shape index (κ1) is 24.1. The van der Waals surface area contributed by atoms with Crippen molar-refractivity contribution in [1.29, 1.82) is 0 Å². The van der Waals surface area contributed by atoms with E-state index in [2.05, 4.69) is 43.4 Å². The number of carbonyl (C=O) groups is 1. The van der Waals surface area contributed by atoms with Crippen molar-refractivity contribution in [3.05, 3.63) is 47.8 Å². The van der Waals surface area contributed by atoms with Gasteiger partial charge in [0.2, 0.25) is 11.8 Å². The minimum absolute atomic E-state index is 0.203. The van der Waals surface area contributed by atoms with Gasteiger partial charge in [-0.3, -0.25) is 15.1 Å². The van der Waals surface area contributed by atoms with Crippen LogP contribution >= 0.6 is 0 Å². The molecule has 1 aliphatic carbocycles. The molecule has 10 nitrogen and oxygen atoms in total. The van der Waals surface area contributed by atoms with Gasteiger partial charge in [0.25, 0.3) is 5.91 Å². The number of fused-ring (bicyclic) bond motifs is 9. The third kappa shape index (κ3) is 4.52. The van der Waals surface area contributed by atoms with Crippen molar-refractivity contribution in [2.75, 3.05) is 43.0 Å². The number of ether oxygens (including phenoxy) is 1. The second kappa shape index (κ2) is 9.68. The lowest BCUT2D eigenvalue weighted by Crippen LogP contribution is -2.43. The molecule has 7 rings (SSSR count). The van der Waals surface area contributed by atoms with E-state index in [4.69, 9.17) is 14.7 Å². The van der Waals surface area contributed by atoms with Gasteiger partial charge in [-0.25, -0.2) is 9.67 Å². The first-order valence-electron chi connectivity index (χ1n) is 13.9. The smallest absolute Gasteiger partial charge is 0.258 e. The van der Waals surface area contributed by atoms with E-state index in [1.807, 2.05) is 26.1 Å². The molecule has 2 N–H and O–H groups in total. The highest BCUT2D eigenvalue weighted by atomic mass is 16.5. The number of hydrogen-bond donors (Lipinski definition) is 2. The van der Waals surface area contributed by atoms with Crippen LogP contribution in [0.15, 0.2) is 36.5 Å². The van der Waals surface area contributed by atoms with E-state index < -0.39 is 0 Å². The van der Waals surface area contributed by atoms with E-state index >= 15 is 0 Å². The number of piperazine rings is 1. The second-order valence-electron chi connectivity index (χ2n) is 11.1. The van der Waals surface area contributed by atoms with Crippen molar-refractivity contribution in [2.24, 2.45) is 18.9 Å². The topological polar surface area (TPSA) is 102 Å². The molecule has 0 unspecified atom stereocenters. The second-order valence-corrected chi connectivity index (χ2v) is 11.1. The predicted octanol–water partition coefficient (Wildman–Crippen LogP) is 3.61. The van der Waals surface area contributed by atoms with Crippen molar-refractivity contribution in [3.8, 4) is 17.1 Å². The van der Waals surface area contributed by atoms with Gasteiger partial charge in [-0.2, -0.15) is 5.10 Å². The van der Waals surface area contributed by atoms with Crippen LogP contribution in [0.25, 0.3) is 22.3 Å². The maximum absolute atomic E-state index is 13.6. The lowest BCUT2D eigenvalue weighted by atomic mass is 10.1. The molecule has 202 valence electrons. The van der Waals surface area contributed by atoms with E-state index in [0.717, 1.165) is 74.3 Å². The first-order valence-corrected chi connectivity index (χ1v) is 13.9. The zero-order valence-electron chi connectivity index (χ0n) is 22.5. The summed E-state index contributed by atoms with van der Waals surface area (Å²) in [7, 11) is 1.88. The molecular weight excluding hydrogens is 492 g/mol. The Kier molecular flexibility index (Phi) is 5.99. The van der Waals surface area contributed by atoms with Crippen molar-refractivity contribution in [2.45, 2.75) is 32.7 Å². The molecule has 3 aliphatic rings. The summed E-state index contributed by atoms with van der Waals surface area (Å²) in [6, 6.07) is 10.1. The highest BCUT2D eigenvalue weighted by Gasteiger charge is 2.29. The number of aromatic nitrogens is 5. The summed E-state index contributed by atoms with van der Waals surface area (Å²) in [5.41, 5.74) is 5.93. The Morgan fingerprint density at radius 1 is 1.05 bits per heavy atom. The van der Waals surface area contributed by atoms with Gasteiger partial charge in [-0.1, -0.05) is 0 Å². The SMILES string of the molecule is Cc1cc2cc(n1)-c1cnn(C)c1OC[C@H]1CC[C@H](C1)Cn1c(nc3ccc(N4CCNCC4)cc31)NC2=O. The molecule has 2 fully saturated rings. The van der Waals surface area contributed by atoms with Crippen LogP contribution in [-0.4, -0.2) is 63.0 Å². The van der Waals surface area contributed by atoms with Gasteiger partial charge in [0.1, 0.15) is 0 Å². The number of aryl methyl sites for hydroxylation is 2. The highest BCUT2D eigenvalue weighted by Crippen LogP contribution is 2.37. The standard InChI is InChI=1S/C29H34N8O2/c1-18-11-21-13-25(32-18)23-15-31-35(2)28(23)39-17-20-4-3-19(12-20)16-37-26-14-22(36-9-7-30-8-10-36)5-6-24(26)33-29(37)34-27(21)38/h5-6,11,13-15,19-20,30H,3-4,7-10,12,16-17H2,1-2H3,(H,33,34,38)/t19-,20+/m1/s1. The summed E-state index contributed by atoms with van der Waals surface area (Å²) < 4.78 is 10.3. The number of carbonyl (C=O) groups excluding carboxylic acids is 1. The average molecular weight is 527 g/mol. The number of amides is 1. The number of nitrogens with one attached hydrogen (secondary N) is 2. The van der Waals surface area contributed by atoms with E-state index in [-0.39, 0.29) is 5.91 Å². The summed E-state index contributed by atoms with van der Waals surface area (Å²) in [5.74, 6) is 2.03. The number of imidazole rings is 1. The Hall–Kier alpha value is -3.92. The van der Waals surface area contributed by atoms with Gasteiger partial charge in [-0.05, 0) is 68.4 Å². The fourth-order valence-electron chi connectivity index (χ4n) is 6.35. The lowest BCUT2D eigenvalue weighted by Gasteiger charge is -2.29. The van der Waals surface area contributed by atoms with Crippen LogP contribution in [0.5, 0.6) is 5.88 Å². The van der Waals surface area contributed by atoms with Crippen LogP contribution in [0.4, 0.5) is 11.6 Å². The van der Waals surface area contributed by atoms with E-state index in [9.17, 15) is 4.79 Å². The van der Waals surface area contributed by atoms with Crippen LogP contribution < -0.4 is 20.3 Å². The maximum Gasteiger partial charge on any atom is 0.258 e. The summed E-state index contributed by atoms with van der Waals surface area (Å²) in [4.78, 5) is 25.7. The average Bonchev–Trinajstić information content (AvgIpc) is 3.64. The van der Waals surface area contributed by atoms with Crippen LogP contribution in [0.2, 0.25) is 0 Å². The molecule has 2 aliphatic heterocycles. The summed E-state index contributed by atoms with van der Waals surface area (Å²) >= 11 is 0. The monoisotopic (exact) mass is 526 g/mol. The number of hydrogen-bond acceptors (Lipinski definition) is 7. The number of anilines is 2. The Balaban J connectivity index is 1.32. The van der Waals surface area contributed by atoms with E-state index in [0.29, 0.717) is 41.5 Å². The van der Waals surface area contributed by atoms with Crippen LogP contribution in [0.3, 0.4) is 0 Å². The zero-order valence-corrected chi connectivity index (χ0v) is 22.5. The van der Waals surface area contributed by atoms with Crippen LogP contribution in [0.1, 0.15) is 35.3 Å². The number of pyridine rings is 1. The predicted molar refractivity (Wildman–Crippen MR) is 150 cm³/mol. The lowest BCUT2D eigenvalue weighted by molar-refractivity contribution is 0.102. The summed E-state index contributed by atoms with van der Waals surface area (Å²) in [6.07, 6.45) is 5.08. The summed E-state index contributed by atoms with van der Waals surface area (Å²) in [5, 5.41) is 11.0. The normalized spacial score (nSPS) is 21.5. The molecule has 0 spiro atoms.